The largest absolute Gasteiger partial charge is 0.381 e. The van der Waals surface area contributed by atoms with E-state index in [4.69, 9.17) is 9.72 Å². The molecule has 5 heterocycles. The van der Waals surface area contributed by atoms with E-state index in [0.717, 1.165) is 92.2 Å². The van der Waals surface area contributed by atoms with Crippen LogP contribution in [0.3, 0.4) is 0 Å². The van der Waals surface area contributed by atoms with E-state index in [1.807, 2.05) is 10.9 Å². The molecule has 3 aliphatic heterocycles. The van der Waals surface area contributed by atoms with E-state index in [2.05, 4.69) is 94.5 Å². The lowest BCUT2D eigenvalue weighted by atomic mass is 9.96. The van der Waals surface area contributed by atoms with Crippen molar-refractivity contribution in [3.05, 3.63) is 76.6 Å². The Bertz CT molecular complexity index is 1870. The summed E-state index contributed by atoms with van der Waals surface area (Å²) in [5.74, 6) is -0.307. The maximum absolute atomic E-state index is 13.1. The fraction of sp³-hybridized carbons (Fsp3) is 0.500. The molecule has 0 saturated carbocycles. The molecule has 3 fully saturated rings. The lowest BCUT2D eigenvalue weighted by Crippen LogP contribution is -2.42. The Balaban J connectivity index is 0.939. The summed E-state index contributed by atoms with van der Waals surface area (Å²) < 4.78 is 7.50. The number of benzene rings is 2. The van der Waals surface area contributed by atoms with E-state index < -0.39 is 0 Å². The number of likely N-dealkylation sites (tertiary alicyclic amines) is 1. The van der Waals surface area contributed by atoms with Crippen molar-refractivity contribution in [1.29, 1.82) is 0 Å². The summed E-state index contributed by atoms with van der Waals surface area (Å²) in [7, 11) is 0. The van der Waals surface area contributed by atoms with Crippen molar-refractivity contribution >= 4 is 28.5 Å². The molecule has 0 radical (unpaired) electrons. The number of ether oxygens (including phenoxy) is 1. The molecule has 4 aromatic rings. The first kappa shape index (κ1) is 35.1. The summed E-state index contributed by atoms with van der Waals surface area (Å²) >= 11 is 0. The van der Waals surface area contributed by atoms with Crippen LogP contribution in [0.4, 0.5) is 5.69 Å². The molecule has 0 spiro atoms. The van der Waals surface area contributed by atoms with Gasteiger partial charge in [0, 0.05) is 94.7 Å². The second kappa shape index (κ2) is 15.9. The van der Waals surface area contributed by atoms with Crippen LogP contribution in [-0.2, 0) is 46.9 Å². The Kier molecular flexibility index (Phi) is 11.0. The summed E-state index contributed by atoms with van der Waals surface area (Å²) in [5, 5.41) is 19.0. The average Bonchev–Trinajstić information content (AvgIpc) is 3.90. The van der Waals surface area contributed by atoms with Gasteiger partial charge in [-0.15, -0.1) is 0 Å². The van der Waals surface area contributed by atoms with E-state index in [-0.39, 0.29) is 30.7 Å². The van der Waals surface area contributed by atoms with E-state index in [1.54, 1.807) is 0 Å². The first-order valence-electron chi connectivity index (χ1n) is 18.8. The van der Waals surface area contributed by atoms with Gasteiger partial charge in [0.25, 0.3) is 0 Å². The zero-order valence-corrected chi connectivity index (χ0v) is 30.3. The fourth-order valence-electron chi connectivity index (χ4n) is 7.89. The van der Waals surface area contributed by atoms with E-state index in [1.165, 1.54) is 28.7 Å². The average molecular weight is 693 g/mol. The van der Waals surface area contributed by atoms with Crippen molar-refractivity contribution in [3.8, 4) is 11.1 Å². The Labute approximate surface area is 300 Å². The Hall–Kier alpha value is -4.32. The zero-order chi connectivity index (χ0) is 35.3. The number of rotatable bonds is 14. The molecule has 2 atom stereocenters. The van der Waals surface area contributed by atoms with Crippen molar-refractivity contribution in [2.45, 2.75) is 104 Å². The molecule has 51 heavy (non-hydrogen) atoms. The third-order valence-electron chi connectivity index (χ3n) is 10.8. The number of hydrogen-bond acceptors (Lipinski definition) is 8. The van der Waals surface area contributed by atoms with Crippen molar-refractivity contribution in [3.63, 3.8) is 0 Å². The number of fused-ring (bicyclic) bond motifs is 3. The quantitative estimate of drug-likeness (QED) is 0.148. The molecule has 3 saturated heterocycles. The van der Waals surface area contributed by atoms with Gasteiger partial charge in [-0.2, -0.15) is 5.10 Å². The highest BCUT2D eigenvalue weighted by Crippen LogP contribution is 2.32. The van der Waals surface area contributed by atoms with Gasteiger partial charge in [0.15, 0.2) is 5.65 Å². The molecule has 7 rings (SSSR count). The lowest BCUT2D eigenvalue weighted by molar-refractivity contribution is -0.126. The minimum atomic E-state index is -0.163. The van der Waals surface area contributed by atoms with Gasteiger partial charge in [-0.3, -0.25) is 14.5 Å². The molecule has 2 bridgehead atoms. The molecule has 4 N–H and O–H groups in total. The normalized spacial score (nSPS) is 19.1. The number of hydrogen-bond donors (Lipinski definition) is 4. The van der Waals surface area contributed by atoms with Crippen LogP contribution >= 0.6 is 0 Å². The number of carbonyl (C=O) groups excluding carboxylic acids is 2. The van der Waals surface area contributed by atoms with Crippen molar-refractivity contribution in [1.82, 2.24) is 35.6 Å². The molecule has 0 aliphatic carbocycles. The van der Waals surface area contributed by atoms with Gasteiger partial charge in [0.05, 0.1) is 17.3 Å². The predicted molar refractivity (Wildman–Crippen MR) is 200 cm³/mol. The van der Waals surface area contributed by atoms with Crippen molar-refractivity contribution < 1.29 is 14.3 Å². The molecule has 1 unspecified atom stereocenters. The number of nitrogens with zero attached hydrogens (tertiary/aromatic N) is 4. The lowest BCUT2D eigenvalue weighted by Gasteiger charge is -2.27. The number of pyridine rings is 1. The third-order valence-corrected chi connectivity index (χ3v) is 10.8. The number of anilines is 1. The standard InChI is InChI=1S/C40H52N8O3/c1-4-36-34(39(45-30-13-15-51-16-14-30)35-23-44-48(5-2)40(35)46-36)22-43-38(50)12-11-37(49)42-20-27-10-9-26(3)33(18-27)29-8-6-7-28(17-29)24-47-25-31-19-32(47)21-41-31/h6-10,17-18,23,30-32,41H,4-5,11-16,19-22,24-25H2,1-3H3,(H,42,49)(H,43,50)(H,45,46)/t31-,32?/m1/s1. The van der Waals surface area contributed by atoms with Crippen LogP contribution in [0.1, 0.15) is 73.9 Å². The van der Waals surface area contributed by atoms with Gasteiger partial charge in [-0.25, -0.2) is 9.67 Å². The number of amides is 2. The number of carbonyl (C=O) groups is 2. The number of piperazine rings is 1. The van der Waals surface area contributed by atoms with Gasteiger partial charge in [0.1, 0.15) is 0 Å². The van der Waals surface area contributed by atoms with Gasteiger partial charge in [-0.1, -0.05) is 37.3 Å². The van der Waals surface area contributed by atoms with E-state index in [9.17, 15) is 9.59 Å². The fourth-order valence-corrected chi connectivity index (χ4v) is 7.89. The number of aromatic nitrogens is 3. The summed E-state index contributed by atoms with van der Waals surface area (Å²) in [6.45, 7) is 12.4. The van der Waals surface area contributed by atoms with Crippen molar-refractivity contribution in [2.24, 2.45) is 0 Å². The van der Waals surface area contributed by atoms with Gasteiger partial charge in [0.2, 0.25) is 11.8 Å². The predicted octanol–water partition coefficient (Wildman–Crippen LogP) is 4.84. The van der Waals surface area contributed by atoms with Crippen molar-refractivity contribution in [2.75, 3.05) is 31.6 Å². The molecule has 11 nitrogen and oxygen atoms in total. The van der Waals surface area contributed by atoms with Gasteiger partial charge in [-0.05, 0) is 79.5 Å². The molecular weight excluding hydrogens is 640 g/mol. The molecular formula is C40H52N8O3. The van der Waals surface area contributed by atoms with Crippen LogP contribution in [0.5, 0.6) is 0 Å². The molecule has 3 aliphatic rings. The highest BCUT2D eigenvalue weighted by Gasteiger charge is 2.37. The third kappa shape index (κ3) is 8.11. The molecule has 2 aromatic carbocycles. The Morgan fingerprint density at radius 2 is 1.80 bits per heavy atom. The Morgan fingerprint density at radius 1 is 1.00 bits per heavy atom. The van der Waals surface area contributed by atoms with Gasteiger partial charge >= 0.3 is 0 Å². The van der Waals surface area contributed by atoms with E-state index >= 15 is 0 Å². The van der Waals surface area contributed by atoms with Gasteiger partial charge < -0.3 is 26.0 Å². The molecule has 11 heteroatoms. The monoisotopic (exact) mass is 692 g/mol. The molecule has 2 aromatic heterocycles. The van der Waals surface area contributed by atoms with E-state index in [0.29, 0.717) is 25.2 Å². The highest BCUT2D eigenvalue weighted by molar-refractivity contribution is 5.92. The first-order chi connectivity index (χ1) is 24.9. The Morgan fingerprint density at radius 3 is 2.53 bits per heavy atom. The topological polar surface area (TPSA) is 125 Å². The number of nitrogens with one attached hydrogen (secondary N) is 4. The van der Waals surface area contributed by atoms with Crippen LogP contribution in [0.25, 0.3) is 22.2 Å². The second-order valence-corrected chi connectivity index (χ2v) is 14.3. The summed E-state index contributed by atoms with van der Waals surface area (Å²) in [4.78, 5) is 33.5. The van der Waals surface area contributed by atoms with Crippen LogP contribution in [0.2, 0.25) is 0 Å². The van der Waals surface area contributed by atoms with Crippen LogP contribution in [0.15, 0.2) is 48.7 Å². The summed E-state index contributed by atoms with van der Waals surface area (Å²) in [5.41, 5.74) is 9.70. The SMILES string of the molecule is CCc1nc2c(cnn2CC)c(NC2CCOCC2)c1CNC(=O)CCC(=O)NCc1ccc(C)c(-c2cccc(CN3C[C@H]4CC3CN4)c2)c1. The minimum absolute atomic E-state index is 0.111. The first-order valence-corrected chi connectivity index (χ1v) is 18.8. The summed E-state index contributed by atoms with van der Waals surface area (Å²) in [6.07, 6.45) is 5.92. The van der Waals surface area contributed by atoms with Crippen LogP contribution < -0.4 is 21.3 Å². The number of aryl methyl sites for hydroxylation is 3. The highest BCUT2D eigenvalue weighted by atomic mass is 16.5. The minimum Gasteiger partial charge on any atom is -0.381 e. The zero-order valence-electron chi connectivity index (χ0n) is 30.3. The van der Waals surface area contributed by atoms with Crippen LogP contribution in [-0.4, -0.2) is 75.9 Å². The smallest absolute Gasteiger partial charge is 0.220 e. The maximum atomic E-state index is 13.1. The maximum Gasteiger partial charge on any atom is 0.220 e. The molecule has 2 amide bonds. The second-order valence-electron chi connectivity index (χ2n) is 14.3. The molecule has 270 valence electrons. The summed E-state index contributed by atoms with van der Waals surface area (Å²) in [6, 6.07) is 16.8. The van der Waals surface area contributed by atoms with Crippen LogP contribution in [0, 0.1) is 6.92 Å².